The van der Waals surface area contributed by atoms with Gasteiger partial charge in [-0.15, -0.1) is 0 Å². The number of rotatable bonds is 7. The van der Waals surface area contributed by atoms with Crippen molar-refractivity contribution >= 4 is 11.9 Å². The molecule has 1 saturated carbocycles. The highest BCUT2D eigenvalue weighted by molar-refractivity contribution is 5.78. The molecule has 1 aliphatic rings. The van der Waals surface area contributed by atoms with Gasteiger partial charge in [0.05, 0.1) is 13.0 Å². The van der Waals surface area contributed by atoms with Crippen molar-refractivity contribution in [1.29, 1.82) is 0 Å². The van der Waals surface area contributed by atoms with Crippen LogP contribution in [0.5, 0.6) is 0 Å². The monoisotopic (exact) mass is 256 g/mol. The van der Waals surface area contributed by atoms with Crippen molar-refractivity contribution in [3.8, 4) is 0 Å². The molecule has 0 radical (unpaired) electrons. The highest BCUT2D eigenvalue weighted by Crippen LogP contribution is 2.38. The van der Waals surface area contributed by atoms with E-state index in [1.54, 1.807) is 0 Å². The Labute approximate surface area is 108 Å². The summed E-state index contributed by atoms with van der Waals surface area (Å²) < 4.78 is 0. The Balaban J connectivity index is 2.45. The van der Waals surface area contributed by atoms with Crippen LogP contribution >= 0.6 is 0 Å². The van der Waals surface area contributed by atoms with E-state index >= 15 is 0 Å². The Hall–Kier alpha value is -1.10. The topological polar surface area (TPSA) is 78.4 Å². The Bertz CT molecular complexity index is 286. The largest absolute Gasteiger partial charge is 0.481 e. The highest BCUT2D eigenvalue weighted by atomic mass is 16.4. The van der Waals surface area contributed by atoms with Gasteiger partial charge in [-0.1, -0.05) is 26.2 Å². The second-order valence-electron chi connectivity index (χ2n) is 5.19. The van der Waals surface area contributed by atoms with Crippen LogP contribution < -0.4 is 10.6 Å². The smallest absolute Gasteiger partial charge is 0.303 e. The molecule has 18 heavy (non-hydrogen) atoms. The zero-order valence-corrected chi connectivity index (χ0v) is 11.1. The summed E-state index contributed by atoms with van der Waals surface area (Å²) in [4.78, 5) is 22.5. The average molecular weight is 256 g/mol. The van der Waals surface area contributed by atoms with E-state index in [0.717, 1.165) is 32.2 Å². The second-order valence-corrected chi connectivity index (χ2v) is 5.19. The second kappa shape index (κ2) is 7.36. The van der Waals surface area contributed by atoms with E-state index < -0.39 is 5.97 Å². The molecule has 1 amide bonds. The molecule has 0 unspecified atom stereocenters. The quantitative estimate of drug-likeness (QED) is 0.638. The van der Waals surface area contributed by atoms with Crippen LogP contribution in [0.4, 0.5) is 0 Å². The Kier molecular flexibility index (Phi) is 6.12. The first-order valence-corrected chi connectivity index (χ1v) is 6.77. The third-order valence-corrected chi connectivity index (χ3v) is 3.64. The number of carboxylic acids is 1. The molecule has 0 atom stereocenters. The molecule has 0 aliphatic heterocycles. The van der Waals surface area contributed by atoms with Crippen molar-refractivity contribution in [2.45, 2.75) is 45.4 Å². The van der Waals surface area contributed by atoms with Crippen LogP contribution in [0, 0.1) is 5.41 Å². The molecule has 0 aromatic carbocycles. The van der Waals surface area contributed by atoms with Crippen molar-refractivity contribution in [2.75, 3.05) is 19.6 Å². The first-order chi connectivity index (χ1) is 8.58. The standard InChI is InChI=1S/C13H24N2O3/c1-2-14-9-11(16)15-10-13(8-12(17)18)6-4-3-5-7-13/h14H,2-10H2,1H3,(H,15,16)(H,17,18). The van der Waals surface area contributed by atoms with Crippen LogP contribution in [0.3, 0.4) is 0 Å². The summed E-state index contributed by atoms with van der Waals surface area (Å²) in [6.07, 6.45) is 5.27. The fraction of sp³-hybridized carbons (Fsp3) is 0.846. The number of carbonyl (C=O) groups is 2. The van der Waals surface area contributed by atoms with Gasteiger partial charge in [-0.2, -0.15) is 0 Å². The minimum absolute atomic E-state index is 0.0489. The Morgan fingerprint density at radius 3 is 2.44 bits per heavy atom. The molecular formula is C13H24N2O3. The SMILES string of the molecule is CCNCC(=O)NCC1(CC(=O)O)CCCCC1. The minimum Gasteiger partial charge on any atom is -0.481 e. The fourth-order valence-electron chi connectivity index (χ4n) is 2.63. The Morgan fingerprint density at radius 1 is 1.22 bits per heavy atom. The van der Waals surface area contributed by atoms with Gasteiger partial charge in [0.1, 0.15) is 0 Å². The van der Waals surface area contributed by atoms with Crippen molar-refractivity contribution < 1.29 is 14.7 Å². The van der Waals surface area contributed by atoms with Gasteiger partial charge in [-0.25, -0.2) is 0 Å². The van der Waals surface area contributed by atoms with E-state index in [1.807, 2.05) is 6.92 Å². The molecule has 5 heteroatoms. The zero-order valence-electron chi connectivity index (χ0n) is 11.1. The molecule has 104 valence electrons. The minimum atomic E-state index is -0.766. The molecule has 1 rings (SSSR count). The van der Waals surface area contributed by atoms with Crippen LogP contribution in [0.1, 0.15) is 45.4 Å². The average Bonchev–Trinajstić information content (AvgIpc) is 2.34. The van der Waals surface area contributed by atoms with Gasteiger partial charge in [-0.3, -0.25) is 9.59 Å². The van der Waals surface area contributed by atoms with Crippen molar-refractivity contribution in [1.82, 2.24) is 10.6 Å². The van der Waals surface area contributed by atoms with Gasteiger partial charge < -0.3 is 15.7 Å². The van der Waals surface area contributed by atoms with Crippen LogP contribution in [-0.4, -0.2) is 36.6 Å². The number of carbonyl (C=O) groups excluding carboxylic acids is 1. The first-order valence-electron chi connectivity index (χ1n) is 6.77. The van der Waals surface area contributed by atoms with E-state index in [2.05, 4.69) is 10.6 Å². The molecule has 0 heterocycles. The number of likely N-dealkylation sites (N-methyl/N-ethyl adjacent to an activating group) is 1. The summed E-state index contributed by atoms with van der Waals surface area (Å²) in [6.45, 7) is 3.50. The van der Waals surface area contributed by atoms with Gasteiger partial charge >= 0.3 is 5.97 Å². The van der Waals surface area contributed by atoms with Crippen LogP contribution in [0.25, 0.3) is 0 Å². The number of hydrogen-bond donors (Lipinski definition) is 3. The number of carboxylic acid groups (broad SMARTS) is 1. The lowest BCUT2D eigenvalue weighted by Gasteiger charge is -2.36. The molecular weight excluding hydrogens is 232 g/mol. The summed E-state index contributed by atoms with van der Waals surface area (Å²) >= 11 is 0. The van der Waals surface area contributed by atoms with E-state index in [9.17, 15) is 9.59 Å². The summed E-state index contributed by atoms with van der Waals surface area (Å²) in [7, 11) is 0. The summed E-state index contributed by atoms with van der Waals surface area (Å²) in [5.74, 6) is -0.815. The summed E-state index contributed by atoms with van der Waals surface area (Å²) in [6, 6.07) is 0. The normalized spacial score (nSPS) is 18.3. The highest BCUT2D eigenvalue weighted by Gasteiger charge is 2.34. The number of amides is 1. The lowest BCUT2D eigenvalue weighted by Crippen LogP contribution is -2.43. The Morgan fingerprint density at radius 2 is 1.89 bits per heavy atom. The lowest BCUT2D eigenvalue weighted by atomic mass is 9.71. The zero-order chi connectivity index (χ0) is 13.4. The van der Waals surface area contributed by atoms with E-state index in [0.29, 0.717) is 13.1 Å². The van der Waals surface area contributed by atoms with E-state index in [1.165, 1.54) is 6.42 Å². The molecule has 1 fully saturated rings. The third-order valence-electron chi connectivity index (χ3n) is 3.64. The van der Waals surface area contributed by atoms with Gasteiger partial charge in [0.15, 0.2) is 0 Å². The maximum absolute atomic E-state index is 11.6. The summed E-state index contributed by atoms with van der Waals surface area (Å²) in [5.41, 5.74) is -0.230. The fourth-order valence-corrected chi connectivity index (χ4v) is 2.63. The molecule has 0 spiro atoms. The van der Waals surface area contributed by atoms with Gasteiger partial charge in [0.25, 0.3) is 0 Å². The maximum Gasteiger partial charge on any atom is 0.303 e. The number of aliphatic carboxylic acids is 1. The number of hydrogen-bond acceptors (Lipinski definition) is 3. The molecule has 0 saturated heterocycles. The van der Waals surface area contributed by atoms with Crippen LogP contribution in [-0.2, 0) is 9.59 Å². The van der Waals surface area contributed by atoms with Crippen molar-refractivity contribution in [3.63, 3.8) is 0 Å². The summed E-state index contributed by atoms with van der Waals surface area (Å²) in [5, 5.41) is 14.8. The van der Waals surface area contributed by atoms with Crippen LogP contribution in [0.2, 0.25) is 0 Å². The third kappa shape index (κ3) is 5.04. The van der Waals surface area contributed by atoms with Crippen molar-refractivity contribution in [2.24, 2.45) is 5.41 Å². The van der Waals surface area contributed by atoms with Crippen molar-refractivity contribution in [3.05, 3.63) is 0 Å². The predicted molar refractivity (Wildman–Crippen MR) is 69.3 cm³/mol. The van der Waals surface area contributed by atoms with E-state index in [4.69, 9.17) is 5.11 Å². The molecule has 0 aromatic rings. The molecule has 0 aromatic heterocycles. The first kappa shape index (κ1) is 15.0. The van der Waals surface area contributed by atoms with Gasteiger partial charge in [0.2, 0.25) is 5.91 Å². The lowest BCUT2D eigenvalue weighted by molar-refractivity contribution is -0.140. The molecule has 5 nitrogen and oxygen atoms in total. The number of nitrogens with one attached hydrogen (secondary N) is 2. The predicted octanol–water partition coefficient (Wildman–Crippen LogP) is 1.14. The molecule has 1 aliphatic carbocycles. The van der Waals surface area contributed by atoms with Crippen LogP contribution in [0.15, 0.2) is 0 Å². The molecule has 0 bridgehead atoms. The van der Waals surface area contributed by atoms with E-state index in [-0.39, 0.29) is 17.7 Å². The van der Waals surface area contributed by atoms with Gasteiger partial charge in [-0.05, 0) is 24.8 Å². The maximum atomic E-state index is 11.6. The van der Waals surface area contributed by atoms with Gasteiger partial charge in [0, 0.05) is 6.54 Å². The molecule has 3 N–H and O–H groups in total.